The number of rotatable bonds is 5. The highest BCUT2D eigenvalue weighted by atomic mass is 19.4. The second-order valence-electron chi connectivity index (χ2n) is 5.52. The smallest absolute Gasteiger partial charge is 0.391 e. The summed E-state index contributed by atoms with van der Waals surface area (Å²) < 4.78 is 37.4. The number of benzene rings is 1. The predicted octanol–water partition coefficient (Wildman–Crippen LogP) is 3.34. The molecule has 0 spiro atoms. The van der Waals surface area contributed by atoms with E-state index < -0.39 is 23.4 Å². The van der Waals surface area contributed by atoms with Gasteiger partial charge in [-0.25, -0.2) is 0 Å². The van der Waals surface area contributed by atoms with Crippen molar-refractivity contribution in [1.82, 2.24) is 4.90 Å². The van der Waals surface area contributed by atoms with Gasteiger partial charge in [-0.05, 0) is 45.1 Å². The van der Waals surface area contributed by atoms with Crippen molar-refractivity contribution in [2.24, 2.45) is 0 Å². The summed E-state index contributed by atoms with van der Waals surface area (Å²) >= 11 is 0. The molecule has 1 aromatic rings. The van der Waals surface area contributed by atoms with Crippen molar-refractivity contribution in [3.05, 3.63) is 35.4 Å². The van der Waals surface area contributed by atoms with E-state index in [1.807, 2.05) is 32.8 Å². The Morgan fingerprint density at radius 2 is 1.65 bits per heavy atom. The molecule has 0 saturated heterocycles. The summed E-state index contributed by atoms with van der Waals surface area (Å²) in [6, 6.07) is 4.97. The maximum absolute atomic E-state index is 12.5. The number of aliphatic hydroxyl groups is 1. The predicted molar refractivity (Wildman–Crippen MR) is 73.5 cm³/mol. The van der Waals surface area contributed by atoms with E-state index >= 15 is 0 Å². The molecule has 0 bridgehead atoms. The zero-order valence-corrected chi connectivity index (χ0v) is 12.3. The summed E-state index contributed by atoms with van der Waals surface area (Å²) in [5.41, 5.74) is -0.364. The van der Waals surface area contributed by atoms with Crippen molar-refractivity contribution in [2.45, 2.75) is 44.5 Å². The molecule has 1 N–H and O–H groups in total. The Balaban J connectivity index is 2.84. The number of halogens is 3. The third-order valence-corrected chi connectivity index (χ3v) is 4.17. The average Bonchev–Trinajstić information content (AvgIpc) is 2.36. The molecule has 114 valence electrons. The minimum absolute atomic E-state index is 0.334. The summed E-state index contributed by atoms with van der Waals surface area (Å²) in [4.78, 5) is 1.95. The van der Waals surface area contributed by atoms with Gasteiger partial charge in [-0.15, -0.1) is 0 Å². The van der Waals surface area contributed by atoms with Gasteiger partial charge in [0.2, 0.25) is 0 Å². The van der Waals surface area contributed by atoms with Gasteiger partial charge >= 0.3 is 6.18 Å². The van der Waals surface area contributed by atoms with Crippen LogP contribution in [0.2, 0.25) is 0 Å². The fraction of sp³-hybridized carbons (Fsp3) is 0.600. The van der Waals surface area contributed by atoms with Crippen LogP contribution in [0.15, 0.2) is 24.3 Å². The molecule has 2 atom stereocenters. The molecular weight excluding hydrogens is 267 g/mol. The van der Waals surface area contributed by atoms with Gasteiger partial charge in [0.1, 0.15) is 0 Å². The number of nitrogens with zero attached hydrogens (tertiary/aromatic N) is 1. The van der Waals surface area contributed by atoms with Crippen molar-refractivity contribution in [2.75, 3.05) is 14.1 Å². The number of alkyl halides is 3. The number of aliphatic hydroxyl groups excluding tert-OH is 1. The van der Waals surface area contributed by atoms with E-state index in [2.05, 4.69) is 0 Å². The van der Waals surface area contributed by atoms with Crippen molar-refractivity contribution in [1.29, 1.82) is 0 Å². The van der Waals surface area contributed by atoms with Gasteiger partial charge < -0.3 is 10.0 Å². The van der Waals surface area contributed by atoms with Crippen molar-refractivity contribution in [3.63, 3.8) is 0 Å². The number of hydrogen-bond acceptors (Lipinski definition) is 2. The van der Waals surface area contributed by atoms with E-state index in [9.17, 15) is 18.3 Å². The van der Waals surface area contributed by atoms with E-state index in [0.29, 0.717) is 12.0 Å². The first kappa shape index (κ1) is 17.0. The third kappa shape index (κ3) is 3.73. The lowest BCUT2D eigenvalue weighted by atomic mass is 9.86. The molecule has 5 heteroatoms. The van der Waals surface area contributed by atoms with Crippen molar-refractivity contribution < 1.29 is 18.3 Å². The summed E-state index contributed by atoms with van der Waals surface area (Å²) in [5.74, 6) is 0. The van der Waals surface area contributed by atoms with E-state index in [1.54, 1.807) is 0 Å². The summed E-state index contributed by atoms with van der Waals surface area (Å²) in [6.07, 6.45) is -3.87. The maximum Gasteiger partial charge on any atom is 0.416 e. The quantitative estimate of drug-likeness (QED) is 0.898. The molecule has 0 heterocycles. The van der Waals surface area contributed by atoms with Crippen LogP contribution in [0.1, 0.15) is 31.4 Å². The average molecular weight is 289 g/mol. The van der Waals surface area contributed by atoms with Crippen LogP contribution in [0.25, 0.3) is 0 Å². The van der Waals surface area contributed by atoms with Gasteiger partial charge in [0.05, 0.1) is 11.7 Å². The van der Waals surface area contributed by atoms with Crippen LogP contribution in [-0.4, -0.2) is 35.7 Å². The fourth-order valence-electron chi connectivity index (χ4n) is 2.12. The molecule has 0 aliphatic carbocycles. The summed E-state index contributed by atoms with van der Waals surface area (Å²) in [7, 11) is 3.78. The second-order valence-corrected chi connectivity index (χ2v) is 5.52. The number of hydrogen-bond donors (Lipinski definition) is 1. The lowest BCUT2D eigenvalue weighted by Crippen LogP contribution is -2.51. The van der Waals surface area contributed by atoms with E-state index in [0.717, 1.165) is 18.6 Å². The van der Waals surface area contributed by atoms with Crippen molar-refractivity contribution in [3.8, 4) is 0 Å². The highest BCUT2D eigenvalue weighted by Crippen LogP contribution is 2.30. The van der Waals surface area contributed by atoms with E-state index in [-0.39, 0.29) is 0 Å². The molecule has 0 aliphatic rings. The van der Waals surface area contributed by atoms with Crippen LogP contribution in [0.4, 0.5) is 13.2 Å². The molecule has 1 rings (SSSR count). The molecule has 0 aromatic heterocycles. The van der Waals surface area contributed by atoms with Crippen LogP contribution in [0.5, 0.6) is 0 Å². The van der Waals surface area contributed by atoms with Crippen LogP contribution >= 0.6 is 0 Å². The van der Waals surface area contributed by atoms with Gasteiger partial charge in [0, 0.05) is 12.0 Å². The SMILES string of the molecule is CCC(C)(C(O)Cc1ccc(C(F)(F)F)cc1)N(C)C. The molecular formula is C15H22F3NO. The standard InChI is InChI=1S/C15H22F3NO/c1-5-14(2,19(3)4)13(20)10-11-6-8-12(9-7-11)15(16,17)18/h6-9,13,20H,5,10H2,1-4H3. The normalized spacial score (nSPS) is 17.1. The third-order valence-electron chi connectivity index (χ3n) is 4.17. The fourth-order valence-corrected chi connectivity index (χ4v) is 2.12. The first-order valence-electron chi connectivity index (χ1n) is 6.63. The van der Waals surface area contributed by atoms with Crippen LogP contribution in [0, 0.1) is 0 Å². The molecule has 0 fully saturated rings. The van der Waals surface area contributed by atoms with E-state index in [4.69, 9.17) is 0 Å². The molecule has 2 unspecified atom stereocenters. The Hall–Kier alpha value is -1.07. The van der Waals surface area contributed by atoms with Crippen LogP contribution in [-0.2, 0) is 12.6 Å². The first-order chi connectivity index (χ1) is 9.11. The van der Waals surface area contributed by atoms with Gasteiger partial charge in [-0.1, -0.05) is 19.1 Å². The van der Waals surface area contributed by atoms with Crippen LogP contribution in [0.3, 0.4) is 0 Å². The molecule has 0 saturated carbocycles. The topological polar surface area (TPSA) is 23.5 Å². The largest absolute Gasteiger partial charge is 0.416 e. The minimum Gasteiger partial charge on any atom is -0.391 e. The molecule has 0 aliphatic heterocycles. The van der Waals surface area contributed by atoms with Gasteiger partial charge in [0.25, 0.3) is 0 Å². The molecule has 1 aromatic carbocycles. The van der Waals surface area contributed by atoms with Crippen molar-refractivity contribution >= 4 is 0 Å². The molecule has 0 radical (unpaired) electrons. The highest BCUT2D eigenvalue weighted by Gasteiger charge is 2.34. The Labute approximate surface area is 118 Å². The maximum atomic E-state index is 12.5. The number of likely N-dealkylation sites (N-methyl/N-ethyl adjacent to an activating group) is 1. The Morgan fingerprint density at radius 1 is 1.15 bits per heavy atom. The van der Waals surface area contributed by atoms with Crippen LogP contribution < -0.4 is 0 Å². The van der Waals surface area contributed by atoms with Gasteiger partial charge in [0.15, 0.2) is 0 Å². The second kappa shape index (κ2) is 6.14. The summed E-state index contributed by atoms with van der Waals surface area (Å²) in [5, 5.41) is 10.4. The molecule has 0 amide bonds. The zero-order chi connectivity index (χ0) is 15.6. The lowest BCUT2D eigenvalue weighted by Gasteiger charge is -2.40. The first-order valence-corrected chi connectivity index (χ1v) is 6.63. The molecule has 2 nitrogen and oxygen atoms in total. The highest BCUT2D eigenvalue weighted by molar-refractivity contribution is 5.25. The van der Waals surface area contributed by atoms with Gasteiger partial charge in [-0.2, -0.15) is 13.2 Å². The monoisotopic (exact) mass is 289 g/mol. The zero-order valence-electron chi connectivity index (χ0n) is 12.3. The Morgan fingerprint density at radius 3 is 2.00 bits per heavy atom. The van der Waals surface area contributed by atoms with Gasteiger partial charge in [-0.3, -0.25) is 0 Å². The Bertz CT molecular complexity index is 428. The molecule has 20 heavy (non-hydrogen) atoms. The van der Waals surface area contributed by atoms with E-state index in [1.165, 1.54) is 12.1 Å². The Kier molecular flexibility index (Phi) is 5.21. The lowest BCUT2D eigenvalue weighted by molar-refractivity contribution is -0.137. The minimum atomic E-state index is -4.32. The summed E-state index contributed by atoms with van der Waals surface area (Å²) in [6.45, 7) is 3.93.